The van der Waals surface area contributed by atoms with Crippen LogP contribution < -0.4 is 14.8 Å². The number of benzene rings is 1. The highest BCUT2D eigenvalue weighted by atomic mass is 16.5. The first-order valence-electron chi connectivity index (χ1n) is 17.0. The standard InChI is InChI=1S/C35H44N12O3/c1-5-28(20-48)44(3)29-8-10-30(11-9-29)47-19-32(34(43-47)49-21-31-12-13-40-45(31)4)42-35-38-16-27(17-39-35)25-6-7-26(15-36)33(14-25)50-24(2)18-46-23-37-22-41-46/h6-7,12-14,16-17,19,22-24,28-30,48H,5,8-11,18,20-21H2,1-4H3,(H,38,39,42)/t24-,28+,29-,30-/m0/s1. The maximum Gasteiger partial charge on any atom is 0.257 e. The maximum atomic E-state index is 9.80. The number of likely N-dealkylation sites (N-methyl/N-ethyl adjacent to an activating group) is 1. The summed E-state index contributed by atoms with van der Waals surface area (Å²) in [4.78, 5) is 15.5. The largest absolute Gasteiger partial charge is 0.487 e. The molecule has 2 atom stereocenters. The van der Waals surface area contributed by atoms with E-state index in [1.807, 2.05) is 43.0 Å². The summed E-state index contributed by atoms with van der Waals surface area (Å²) in [5, 5.41) is 36.1. The van der Waals surface area contributed by atoms with E-state index >= 15 is 0 Å². The summed E-state index contributed by atoms with van der Waals surface area (Å²) in [6.07, 6.45) is 15.0. The minimum absolute atomic E-state index is 0.176. The Hall–Kier alpha value is -5.33. The highest BCUT2D eigenvalue weighted by molar-refractivity contribution is 5.67. The van der Waals surface area contributed by atoms with Crippen molar-refractivity contribution < 1.29 is 14.6 Å². The second-order valence-corrected chi connectivity index (χ2v) is 12.7. The predicted octanol–water partition coefficient (Wildman–Crippen LogP) is 4.51. The van der Waals surface area contributed by atoms with Crippen molar-refractivity contribution in [3.63, 3.8) is 0 Å². The average molecular weight is 681 g/mol. The fourth-order valence-electron chi connectivity index (χ4n) is 6.41. The number of aryl methyl sites for hydroxylation is 1. The summed E-state index contributed by atoms with van der Waals surface area (Å²) in [5.74, 6) is 1.32. The monoisotopic (exact) mass is 680 g/mol. The van der Waals surface area contributed by atoms with Crippen LogP contribution in [0.4, 0.5) is 11.6 Å². The molecule has 15 nitrogen and oxygen atoms in total. The van der Waals surface area contributed by atoms with E-state index in [0.717, 1.165) is 48.9 Å². The van der Waals surface area contributed by atoms with Gasteiger partial charge in [-0.3, -0.25) is 14.3 Å². The second kappa shape index (κ2) is 15.9. The van der Waals surface area contributed by atoms with Crippen molar-refractivity contribution in [3.8, 4) is 28.8 Å². The smallest absolute Gasteiger partial charge is 0.257 e. The first-order valence-corrected chi connectivity index (χ1v) is 17.0. The molecule has 1 saturated carbocycles. The summed E-state index contributed by atoms with van der Waals surface area (Å²) in [6.45, 7) is 5.01. The predicted molar refractivity (Wildman–Crippen MR) is 186 cm³/mol. The van der Waals surface area contributed by atoms with E-state index in [0.29, 0.717) is 48.0 Å². The molecule has 0 saturated heterocycles. The van der Waals surface area contributed by atoms with Gasteiger partial charge in [0.25, 0.3) is 5.88 Å². The molecule has 15 heteroatoms. The van der Waals surface area contributed by atoms with Crippen molar-refractivity contribution in [1.29, 1.82) is 5.26 Å². The number of nitrogens with zero attached hydrogens (tertiary/aromatic N) is 11. The molecular formula is C35H44N12O3. The van der Waals surface area contributed by atoms with Crippen LogP contribution in [0.5, 0.6) is 11.6 Å². The molecule has 2 N–H and O–H groups in total. The number of aliphatic hydroxyl groups is 1. The average Bonchev–Trinajstić information content (AvgIpc) is 3.90. The van der Waals surface area contributed by atoms with E-state index in [2.05, 4.69) is 55.4 Å². The molecule has 5 aromatic rings. The molecule has 0 aliphatic heterocycles. The van der Waals surface area contributed by atoms with Gasteiger partial charge in [0.2, 0.25) is 5.95 Å². The third-order valence-electron chi connectivity index (χ3n) is 9.42. The van der Waals surface area contributed by atoms with Crippen molar-refractivity contribution in [2.24, 2.45) is 7.05 Å². The number of nitrogens with one attached hydrogen (secondary N) is 1. The molecule has 1 aliphatic carbocycles. The van der Waals surface area contributed by atoms with Gasteiger partial charge in [-0.15, -0.1) is 5.10 Å². The Bertz CT molecular complexity index is 1850. The number of anilines is 2. The van der Waals surface area contributed by atoms with Crippen LogP contribution in [-0.4, -0.2) is 86.1 Å². The lowest BCUT2D eigenvalue weighted by atomic mass is 9.89. The molecule has 50 heavy (non-hydrogen) atoms. The summed E-state index contributed by atoms with van der Waals surface area (Å²) >= 11 is 0. The third-order valence-corrected chi connectivity index (χ3v) is 9.42. The van der Waals surface area contributed by atoms with Gasteiger partial charge in [0.05, 0.1) is 36.6 Å². The molecule has 1 aromatic carbocycles. The van der Waals surface area contributed by atoms with Gasteiger partial charge in [-0.05, 0) is 69.8 Å². The lowest BCUT2D eigenvalue weighted by Crippen LogP contribution is -2.43. The molecule has 262 valence electrons. The summed E-state index contributed by atoms with van der Waals surface area (Å²) in [6, 6.07) is 10.4. The molecule has 0 bridgehead atoms. The highest BCUT2D eigenvalue weighted by Gasteiger charge is 2.29. The first kappa shape index (κ1) is 34.5. The van der Waals surface area contributed by atoms with Crippen LogP contribution in [0.1, 0.15) is 63.3 Å². The van der Waals surface area contributed by atoms with Crippen molar-refractivity contribution in [2.45, 2.75) is 83.3 Å². The van der Waals surface area contributed by atoms with E-state index < -0.39 is 0 Å². The normalized spacial score (nSPS) is 17.3. The summed E-state index contributed by atoms with van der Waals surface area (Å²) < 4.78 is 17.8. The van der Waals surface area contributed by atoms with E-state index in [4.69, 9.17) is 14.6 Å². The number of nitriles is 1. The molecule has 0 spiro atoms. The summed E-state index contributed by atoms with van der Waals surface area (Å²) in [5.41, 5.74) is 3.61. The van der Waals surface area contributed by atoms with E-state index in [9.17, 15) is 10.4 Å². The molecule has 1 aliphatic rings. The van der Waals surface area contributed by atoms with Gasteiger partial charge < -0.3 is 19.9 Å². The van der Waals surface area contributed by atoms with Crippen LogP contribution in [0.25, 0.3) is 11.1 Å². The van der Waals surface area contributed by atoms with Gasteiger partial charge in [-0.2, -0.15) is 15.5 Å². The maximum absolute atomic E-state index is 9.80. The molecule has 0 radical (unpaired) electrons. The Kier molecular flexibility index (Phi) is 11.0. The summed E-state index contributed by atoms with van der Waals surface area (Å²) in [7, 11) is 4.00. The van der Waals surface area contributed by atoms with Crippen LogP contribution in [0.2, 0.25) is 0 Å². The fraction of sp³-hybridized carbons (Fsp3) is 0.457. The Morgan fingerprint density at radius 3 is 2.58 bits per heavy atom. The van der Waals surface area contributed by atoms with Crippen molar-refractivity contribution in [1.82, 2.24) is 49.2 Å². The zero-order valence-electron chi connectivity index (χ0n) is 28.9. The number of ether oxygens (including phenoxy) is 2. The van der Waals surface area contributed by atoms with Crippen molar-refractivity contribution >= 4 is 11.6 Å². The topological polar surface area (TPSA) is 170 Å². The molecule has 0 unspecified atom stereocenters. The van der Waals surface area contributed by atoms with Crippen LogP contribution in [0.15, 0.2) is 61.7 Å². The second-order valence-electron chi connectivity index (χ2n) is 12.7. The van der Waals surface area contributed by atoms with E-state index in [1.165, 1.54) is 6.33 Å². The number of hydrogen-bond acceptors (Lipinski definition) is 12. The van der Waals surface area contributed by atoms with Gasteiger partial charge >= 0.3 is 0 Å². The van der Waals surface area contributed by atoms with Gasteiger partial charge in [0, 0.05) is 43.3 Å². The zero-order valence-corrected chi connectivity index (χ0v) is 28.9. The van der Waals surface area contributed by atoms with Gasteiger partial charge in [0.1, 0.15) is 42.9 Å². The molecule has 4 heterocycles. The molecular weight excluding hydrogens is 636 g/mol. The number of aromatic nitrogens is 9. The SMILES string of the molecule is CC[C@H](CO)N(C)[C@H]1CC[C@H](n2cc(Nc3ncc(-c4ccc(C#N)c(O[C@@H](C)Cn5cncn5)c4)cn3)c(OCc3ccnn3C)n2)CC1. The Morgan fingerprint density at radius 2 is 1.92 bits per heavy atom. The van der Waals surface area contributed by atoms with Gasteiger partial charge in [0.15, 0.2) is 0 Å². The van der Waals surface area contributed by atoms with Crippen LogP contribution in [-0.2, 0) is 20.2 Å². The van der Waals surface area contributed by atoms with Crippen molar-refractivity contribution in [3.05, 3.63) is 73.0 Å². The molecule has 6 rings (SSSR count). The Balaban J connectivity index is 1.17. The minimum Gasteiger partial charge on any atom is -0.487 e. The fourth-order valence-corrected chi connectivity index (χ4v) is 6.41. The zero-order chi connectivity index (χ0) is 35.0. The van der Waals surface area contributed by atoms with Gasteiger partial charge in [-0.1, -0.05) is 13.0 Å². The highest BCUT2D eigenvalue weighted by Crippen LogP contribution is 2.35. The molecule has 1 fully saturated rings. The third kappa shape index (κ3) is 8.10. The molecule has 0 amide bonds. The number of hydrogen-bond donors (Lipinski definition) is 2. The minimum atomic E-state index is -0.242. The van der Waals surface area contributed by atoms with E-state index in [-0.39, 0.29) is 24.8 Å². The van der Waals surface area contributed by atoms with Crippen LogP contribution in [0, 0.1) is 11.3 Å². The van der Waals surface area contributed by atoms with Crippen LogP contribution >= 0.6 is 0 Å². The first-order chi connectivity index (χ1) is 24.3. The Morgan fingerprint density at radius 1 is 1.12 bits per heavy atom. The molecule has 4 aromatic heterocycles. The number of rotatable bonds is 15. The van der Waals surface area contributed by atoms with Crippen LogP contribution in [0.3, 0.4) is 0 Å². The number of aliphatic hydroxyl groups excluding tert-OH is 1. The lowest BCUT2D eigenvalue weighted by molar-refractivity contribution is 0.0775. The quantitative estimate of drug-likeness (QED) is 0.159. The lowest BCUT2D eigenvalue weighted by Gasteiger charge is -2.38. The van der Waals surface area contributed by atoms with E-state index in [1.54, 1.807) is 40.3 Å². The Labute approximate surface area is 291 Å². The van der Waals surface area contributed by atoms with Crippen molar-refractivity contribution in [2.75, 3.05) is 19.0 Å². The van der Waals surface area contributed by atoms with Gasteiger partial charge in [-0.25, -0.2) is 19.6 Å².